The summed E-state index contributed by atoms with van der Waals surface area (Å²) in [5, 5.41) is 13.1. The van der Waals surface area contributed by atoms with Crippen molar-refractivity contribution < 1.29 is 17.9 Å². The first-order valence-corrected chi connectivity index (χ1v) is 9.55. The van der Waals surface area contributed by atoms with Crippen LogP contribution >= 0.6 is 11.6 Å². The van der Waals surface area contributed by atoms with Gasteiger partial charge in [0.1, 0.15) is 0 Å². The van der Waals surface area contributed by atoms with Crippen LogP contribution in [0.25, 0.3) is 0 Å². The van der Waals surface area contributed by atoms with Gasteiger partial charge in [0.25, 0.3) is 0 Å². The van der Waals surface area contributed by atoms with Gasteiger partial charge in [-0.1, -0.05) is 35.9 Å². The van der Waals surface area contributed by atoms with Gasteiger partial charge in [-0.05, 0) is 48.0 Å². The van der Waals surface area contributed by atoms with E-state index in [1.807, 2.05) is 0 Å². The minimum Gasteiger partial charge on any atom is -0.503 e. The molecule has 3 aromatic carbocycles. The molecule has 26 heavy (non-hydrogen) atoms. The van der Waals surface area contributed by atoms with Gasteiger partial charge >= 0.3 is 0 Å². The first-order valence-electron chi connectivity index (χ1n) is 7.69. The van der Waals surface area contributed by atoms with Gasteiger partial charge in [-0.3, -0.25) is 0 Å². The lowest BCUT2D eigenvalue weighted by molar-refractivity contribution is 0.434. The van der Waals surface area contributed by atoms with Gasteiger partial charge in [0.15, 0.2) is 11.6 Å². The molecule has 0 saturated heterocycles. The fourth-order valence-corrected chi connectivity index (χ4v) is 4.12. The van der Waals surface area contributed by atoms with E-state index in [-0.39, 0.29) is 22.0 Å². The Hall–Kier alpha value is -2.57. The molecule has 0 unspecified atom stereocenters. The van der Waals surface area contributed by atoms with Crippen LogP contribution in [0.4, 0.5) is 10.1 Å². The predicted octanol–water partition coefficient (Wildman–Crippen LogP) is 4.63. The van der Waals surface area contributed by atoms with Crippen molar-refractivity contribution in [2.75, 3.05) is 5.32 Å². The molecule has 2 N–H and O–H groups in total. The summed E-state index contributed by atoms with van der Waals surface area (Å²) in [5.74, 6) is -1.26. The molecule has 4 nitrogen and oxygen atoms in total. The Morgan fingerprint density at radius 3 is 2.38 bits per heavy atom. The second-order valence-corrected chi connectivity index (χ2v) is 7.91. The molecule has 0 radical (unpaired) electrons. The highest BCUT2D eigenvalue weighted by molar-refractivity contribution is 7.91. The molecule has 0 amide bonds. The molecule has 134 valence electrons. The standard InChI is InChI=1S/C19H15ClFNO3S/c20-14-8-10-15(11-9-14)26(24,25)18-7-2-1-4-13(18)12-22-17-6-3-5-16(21)19(17)23/h1-11,22-23H,12H2. The second kappa shape index (κ2) is 7.35. The predicted molar refractivity (Wildman–Crippen MR) is 98.7 cm³/mol. The van der Waals surface area contributed by atoms with E-state index in [0.717, 1.165) is 6.07 Å². The number of rotatable bonds is 5. The lowest BCUT2D eigenvalue weighted by Crippen LogP contribution is -2.09. The van der Waals surface area contributed by atoms with Crippen LogP contribution < -0.4 is 5.32 Å². The van der Waals surface area contributed by atoms with Crippen LogP contribution in [0.5, 0.6) is 5.75 Å². The SMILES string of the molecule is O=S(=O)(c1ccc(Cl)cc1)c1ccccc1CNc1cccc(F)c1O. The zero-order valence-electron chi connectivity index (χ0n) is 13.5. The van der Waals surface area contributed by atoms with Crippen molar-refractivity contribution in [3.05, 3.63) is 83.1 Å². The third-order valence-corrected chi connectivity index (χ3v) is 5.96. The van der Waals surface area contributed by atoms with Crippen LogP contribution in [0.15, 0.2) is 76.5 Å². The quantitative estimate of drug-likeness (QED) is 0.622. The fourth-order valence-electron chi connectivity index (χ4n) is 2.50. The third kappa shape index (κ3) is 3.66. The Labute approximate surface area is 155 Å². The molecule has 0 fully saturated rings. The number of para-hydroxylation sites is 1. The van der Waals surface area contributed by atoms with Gasteiger partial charge in [0.05, 0.1) is 15.5 Å². The highest BCUT2D eigenvalue weighted by Gasteiger charge is 2.21. The first kappa shape index (κ1) is 18.2. The van der Waals surface area contributed by atoms with Gasteiger partial charge in [0.2, 0.25) is 9.84 Å². The smallest absolute Gasteiger partial charge is 0.206 e. The summed E-state index contributed by atoms with van der Waals surface area (Å²) in [6, 6.07) is 16.5. The van der Waals surface area contributed by atoms with Crippen molar-refractivity contribution in [1.82, 2.24) is 0 Å². The molecule has 3 rings (SSSR count). The Bertz CT molecular complexity index is 1040. The monoisotopic (exact) mass is 391 g/mol. The number of hydrogen-bond donors (Lipinski definition) is 2. The molecule has 0 saturated carbocycles. The second-order valence-electron chi connectivity index (χ2n) is 5.55. The summed E-state index contributed by atoms with van der Waals surface area (Å²) in [6.45, 7) is 0.0972. The molecule has 0 spiro atoms. The number of nitrogens with one attached hydrogen (secondary N) is 1. The molecule has 0 aliphatic heterocycles. The van der Waals surface area contributed by atoms with Gasteiger partial charge in [-0.25, -0.2) is 12.8 Å². The van der Waals surface area contributed by atoms with Crippen molar-refractivity contribution in [2.45, 2.75) is 16.3 Å². The van der Waals surface area contributed by atoms with Crippen LogP contribution in [0.2, 0.25) is 5.02 Å². The van der Waals surface area contributed by atoms with E-state index in [1.165, 1.54) is 42.5 Å². The highest BCUT2D eigenvalue weighted by atomic mass is 35.5. The summed E-state index contributed by atoms with van der Waals surface area (Å²) in [6.07, 6.45) is 0. The van der Waals surface area contributed by atoms with Crippen LogP contribution in [-0.2, 0) is 16.4 Å². The molecule has 3 aromatic rings. The number of phenolic OH excluding ortho intramolecular Hbond substituents is 1. The number of benzene rings is 3. The summed E-state index contributed by atoms with van der Waals surface area (Å²) < 4.78 is 39.3. The Morgan fingerprint density at radius 1 is 0.962 bits per heavy atom. The maximum atomic E-state index is 13.4. The normalized spacial score (nSPS) is 11.3. The maximum absolute atomic E-state index is 13.4. The van der Waals surface area contributed by atoms with Gasteiger partial charge in [-0.2, -0.15) is 0 Å². The highest BCUT2D eigenvalue weighted by Crippen LogP contribution is 2.29. The van der Waals surface area contributed by atoms with E-state index in [2.05, 4.69) is 5.32 Å². The summed E-state index contributed by atoms with van der Waals surface area (Å²) >= 11 is 5.83. The zero-order valence-corrected chi connectivity index (χ0v) is 15.1. The Morgan fingerprint density at radius 2 is 1.65 bits per heavy atom. The Balaban J connectivity index is 1.93. The van der Waals surface area contributed by atoms with Crippen molar-refractivity contribution in [3.63, 3.8) is 0 Å². The van der Waals surface area contributed by atoms with E-state index in [4.69, 9.17) is 11.6 Å². The summed E-state index contributed by atoms with van der Waals surface area (Å²) in [5.41, 5.74) is 0.676. The topological polar surface area (TPSA) is 66.4 Å². The zero-order chi connectivity index (χ0) is 18.7. The van der Waals surface area contributed by atoms with Crippen molar-refractivity contribution in [3.8, 4) is 5.75 Å². The number of anilines is 1. The lowest BCUT2D eigenvalue weighted by Gasteiger charge is -2.13. The van der Waals surface area contributed by atoms with E-state index in [9.17, 15) is 17.9 Å². The number of halogens is 2. The largest absolute Gasteiger partial charge is 0.503 e. The van der Waals surface area contributed by atoms with Crippen molar-refractivity contribution in [2.24, 2.45) is 0 Å². The summed E-state index contributed by atoms with van der Waals surface area (Å²) in [7, 11) is -3.74. The molecule has 0 heterocycles. The van der Waals surface area contributed by atoms with Gasteiger partial charge in [0, 0.05) is 11.6 Å². The summed E-state index contributed by atoms with van der Waals surface area (Å²) in [4.78, 5) is 0.258. The van der Waals surface area contributed by atoms with E-state index in [1.54, 1.807) is 18.2 Å². The number of phenols is 1. The first-order chi connectivity index (χ1) is 12.4. The molecule has 0 aromatic heterocycles. The molecule has 0 bridgehead atoms. The minimum absolute atomic E-state index is 0.0972. The van der Waals surface area contributed by atoms with Crippen molar-refractivity contribution >= 4 is 27.1 Å². The van der Waals surface area contributed by atoms with Crippen LogP contribution in [-0.4, -0.2) is 13.5 Å². The molecule has 7 heteroatoms. The molecular formula is C19H15ClFNO3S. The number of aromatic hydroxyl groups is 1. The molecule has 0 aliphatic rings. The van der Waals surface area contributed by atoms with Crippen LogP contribution in [0.1, 0.15) is 5.56 Å². The molecular weight excluding hydrogens is 377 g/mol. The molecule has 0 atom stereocenters. The van der Waals surface area contributed by atoms with E-state index >= 15 is 0 Å². The molecule has 0 aliphatic carbocycles. The number of sulfone groups is 1. The van der Waals surface area contributed by atoms with Crippen LogP contribution in [0.3, 0.4) is 0 Å². The average Bonchev–Trinajstić information content (AvgIpc) is 2.63. The van der Waals surface area contributed by atoms with Crippen LogP contribution in [0, 0.1) is 5.82 Å². The third-order valence-electron chi connectivity index (χ3n) is 3.84. The fraction of sp³-hybridized carbons (Fsp3) is 0.0526. The van der Waals surface area contributed by atoms with E-state index < -0.39 is 21.4 Å². The minimum atomic E-state index is -3.74. The van der Waals surface area contributed by atoms with Gasteiger partial charge < -0.3 is 10.4 Å². The van der Waals surface area contributed by atoms with E-state index in [0.29, 0.717) is 10.6 Å². The average molecular weight is 392 g/mol. The van der Waals surface area contributed by atoms with Crippen molar-refractivity contribution in [1.29, 1.82) is 0 Å². The number of hydrogen-bond acceptors (Lipinski definition) is 4. The Kier molecular flexibility index (Phi) is 5.15. The van der Waals surface area contributed by atoms with Gasteiger partial charge in [-0.15, -0.1) is 0 Å². The lowest BCUT2D eigenvalue weighted by atomic mass is 10.2. The maximum Gasteiger partial charge on any atom is 0.206 e.